The van der Waals surface area contributed by atoms with Crippen molar-refractivity contribution in [1.29, 1.82) is 0 Å². The molecular weight excluding hydrogens is 691 g/mol. The third-order valence-corrected chi connectivity index (χ3v) is 8.21. The number of hydrogen-bond acceptors (Lipinski definition) is 5. The summed E-state index contributed by atoms with van der Waals surface area (Å²) in [5.74, 6) is -1.68. The highest BCUT2D eigenvalue weighted by molar-refractivity contribution is 9.10. The van der Waals surface area contributed by atoms with E-state index < -0.39 is 23.5 Å². The number of phenols is 1. The van der Waals surface area contributed by atoms with E-state index in [1.165, 1.54) is 35.9 Å². The Morgan fingerprint density at radius 1 is 0.792 bits per heavy atom. The molecule has 4 aromatic rings. The van der Waals surface area contributed by atoms with E-state index in [1.54, 1.807) is 6.07 Å². The number of aromatic carboxylic acids is 1. The Labute approximate surface area is 285 Å². The molecule has 0 aliphatic carbocycles. The second kappa shape index (κ2) is 17.6. The van der Waals surface area contributed by atoms with E-state index in [0.29, 0.717) is 11.0 Å². The number of amides is 1. The van der Waals surface area contributed by atoms with Crippen LogP contribution in [0.3, 0.4) is 0 Å². The highest BCUT2D eigenvalue weighted by Crippen LogP contribution is 2.40. The number of carboxylic acid groups (broad SMARTS) is 1. The van der Waals surface area contributed by atoms with Crippen molar-refractivity contribution in [1.82, 2.24) is 5.32 Å². The van der Waals surface area contributed by atoms with Crippen LogP contribution < -0.4 is 14.8 Å². The molecule has 0 saturated carbocycles. The van der Waals surface area contributed by atoms with Gasteiger partial charge in [-0.3, -0.25) is 4.79 Å². The van der Waals surface area contributed by atoms with E-state index in [1.807, 2.05) is 6.07 Å². The van der Waals surface area contributed by atoms with Crippen LogP contribution in [-0.2, 0) is 12.6 Å². The van der Waals surface area contributed by atoms with Gasteiger partial charge in [-0.15, -0.1) is 0 Å². The average Bonchev–Trinajstić information content (AvgIpc) is 3.06. The highest BCUT2D eigenvalue weighted by atomic mass is 79.9. The zero-order chi connectivity index (χ0) is 34.5. The number of carbonyl (C=O) groups is 2. The minimum Gasteiger partial charge on any atom is -0.507 e. The van der Waals surface area contributed by atoms with E-state index in [0.717, 1.165) is 63.1 Å². The first-order chi connectivity index (χ1) is 23.0. The van der Waals surface area contributed by atoms with E-state index in [4.69, 9.17) is 14.6 Å². The Balaban J connectivity index is 1.36. The molecular formula is C37H37BrF3NO6. The van der Waals surface area contributed by atoms with Gasteiger partial charge in [-0.2, -0.15) is 13.2 Å². The molecule has 0 atom stereocenters. The Morgan fingerprint density at radius 3 is 2.21 bits per heavy atom. The number of carbonyl (C=O) groups excluding carboxylic acids is 1. The lowest BCUT2D eigenvalue weighted by molar-refractivity contribution is -0.137. The summed E-state index contributed by atoms with van der Waals surface area (Å²) in [6, 6.07) is 22.0. The summed E-state index contributed by atoms with van der Waals surface area (Å²) < 4.78 is 52.6. The third kappa shape index (κ3) is 10.8. The van der Waals surface area contributed by atoms with Gasteiger partial charge in [0.25, 0.3) is 5.91 Å². The van der Waals surface area contributed by atoms with Crippen LogP contribution in [0.2, 0.25) is 0 Å². The number of alkyl halides is 3. The van der Waals surface area contributed by atoms with E-state index in [-0.39, 0.29) is 52.9 Å². The first-order valence-electron chi connectivity index (χ1n) is 15.7. The van der Waals surface area contributed by atoms with Crippen molar-refractivity contribution in [3.63, 3.8) is 0 Å². The molecule has 48 heavy (non-hydrogen) atoms. The maximum absolute atomic E-state index is 13.6. The minimum atomic E-state index is -4.57. The molecule has 0 spiro atoms. The van der Waals surface area contributed by atoms with Gasteiger partial charge in [0.2, 0.25) is 0 Å². The first kappa shape index (κ1) is 36.3. The van der Waals surface area contributed by atoms with Crippen molar-refractivity contribution in [2.24, 2.45) is 0 Å². The van der Waals surface area contributed by atoms with Gasteiger partial charge in [-0.25, -0.2) is 4.79 Å². The maximum Gasteiger partial charge on any atom is 0.416 e. The molecule has 4 rings (SSSR count). The lowest BCUT2D eigenvalue weighted by Crippen LogP contribution is -2.24. The molecule has 7 nitrogen and oxygen atoms in total. The summed E-state index contributed by atoms with van der Waals surface area (Å²) in [6.45, 7) is 0.386. The molecule has 1 amide bonds. The van der Waals surface area contributed by atoms with Crippen LogP contribution in [0.15, 0.2) is 89.4 Å². The Bertz CT molecular complexity index is 1680. The first-order valence-corrected chi connectivity index (χ1v) is 16.5. The molecule has 0 heterocycles. The van der Waals surface area contributed by atoms with Gasteiger partial charge in [-0.05, 0) is 82.7 Å². The van der Waals surface area contributed by atoms with Gasteiger partial charge < -0.3 is 25.0 Å². The number of hydrogen-bond donors (Lipinski definition) is 3. The molecule has 3 N–H and O–H groups in total. The molecule has 0 bridgehead atoms. The highest BCUT2D eigenvalue weighted by Gasteiger charge is 2.31. The Kier molecular flexibility index (Phi) is 13.3. The number of carboxylic acids is 1. The van der Waals surface area contributed by atoms with Crippen molar-refractivity contribution in [3.8, 4) is 28.4 Å². The molecule has 0 aromatic heterocycles. The second-order valence-electron chi connectivity index (χ2n) is 11.2. The topological polar surface area (TPSA) is 105 Å². The van der Waals surface area contributed by atoms with E-state index >= 15 is 0 Å². The molecule has 0 aliphatic rings. The van der Waals surface area contributed by atoms with Crippen LogP contribution in [0.1, 0.15) is 70.4 Å². The molecule has 0 unspecified atom stereocenters. The van der Waals surface area contributed by atoms with Crippen molar-refractivity contribution in [2.45, 2.75) is 51.1 Å². The van der Waals surface area contributed by atoms with Crippen LogP contribution in [0.5, 0.6) is 17.2 Å². The number of aromatic hydroxyl groups is 1. The van der Waals surface area contributed by atoms with Gasteiger partial charge in [0, 0.05) is 23.7 Å². The predicted octanol–water partition coefficient (Wildman–Crippen LogP) is 9.31. The Hall–Kier alpha value is -4.51. The molecule has 0 radical (unpaired) electrons. The number of nitrogens with one attached hydrogen (secondary N) is 1. The predicted molar refractivity (Wildman–Crippen MR) is 181 cm³/mol. The largest absolute Gasteiger partial charge is 0.507 e. The lowest BCUT2D eigenvalue weighted by atomic mass is 9.99. The summed E-state index contributed by atoms with van der Waals surface area (Å²) in [5, 5.41) is 21.9. The van der Waals surface area contributed by atoms with Crippen LogP contribution in [-0.4, -0.2) is 41.8 Å². The monoisotopic (exact) mass is 727 g/mol. The number of aryl methyl sites for hydroxylation is 1. The fourth-order valence-electron chi connectivity index (χ4n) is 5.14. The molecule has 11 heteroatoms. The maximum atomic E-state index is 13.6. The van der Waals surface area contributed by atoms with Gasteiger partial charge in [0.1, 0.15) is 36.0 Å². The van der Waals surface area contributed by atoms with Crippen molar-refractivity contribution < 1.29 is 42.4 Å². The number of halogens is 4. The number of unbranched alkanes of at least 4 members (excludes halogenated alkanes) is 5. The van der Waals surface area contributed by atoms with Crippen LogP contribution in [0.4, 0.5) is 13.2 Å². The van der Waals surface area contributed by atoms with Crippen LogP contribution in [0.25, 0.3) is 11.1 Å². The normalized spacial score (nSPS) is 11.2. The lowest BCUT2D eigenvalue weighted by Gasteiger charge is -2.17. The second-order valence-corrected chi connectivity index (χ2v) is 12.1. The minimum absolute atomic E-state index is 0.0321. The van der Waals surface area contributed by atoms with E-state index in [9.17, 15) is 27.9 Å². The van der Waals surface area contributed by atoms with Crippen molar-refractivity contribution >= 4 is 27.8 Å². The molecule has 0 saturated heterocycles. The number of benzene rings is 4. The number of rotatable bonds is 17. The average molecular weight is 729 g/mol. The number of ether oxygens (including phenoxy) is 2. The molecule has 254 valence electrons. The fraction of sp³-hybridized carbons (Fsp3) is 0.297. The molecule has 0 aliphatic heterocycles. The summed E-state index contributed by atoms with van der Waals surface area (Å²) in [4.78, 5) is 24.2. The van der Waals surface area contributed by atoms with Crippen LogP contribution >= 0.6 is 15.9 Å². The zero-order valence-corrected chi connectivity index (χ0v) is 27.8. The third-order valence-electron chi connectivity index (χ3n) is 7.63. The summed E-state index contributed by atoms with van der Waals surface area (Å²) in [7, 11) is 0. The summed E-state index contributed by atoms with van der Waals surface area (Å²) in [6.07, 6.45) is 2.78. The summed E-state index contributed by atoms with van der Waals surface area (Å²) in [5.41, 5.74) is 0.970. The van der Waals surface area contributed by atoms with Gasteiger partial charge in [-0.1, -0.05) is 68.1 Å². The Morgan fingerprint density at radius 2 is 1.50 bits per heavy atom. The van der Waals surface area contributed by atoms with Crippen LogP contribution in [0, 0.1) is 0 Å². The quantitative estimate of drug-likeness (QED) is 0.0937. The van der Waals surface area contributed by atoms with Gasteiger partial charge in [0.15, 0.2) is 0 Å². The van der Waals surface area contributed by atoms with E-state index in [2.05, 4.69) is 45.5 Å². The van der Waals surface area contributed by atoms with Crippen molar-refractivity contribution in [3.05, 3.63) is 112 Å². The molecule has 4 aromatic carbocycles. The van der Waals surface area contributed by atoms with Gasteiger partial charge >= 0.3 is 12.1 Å². The molecule has 0 fully saturated rings. The fourth-order valence-corrected chi connectivity index (χ4v) is 5.72. The standard InChI is InChI=1S/C37H37BrF3NO6/c38-32-23-27(35(44)42-18-9-4-2-1-3-6-11-25-12-7-5-8-13-25)22-31(26-14-10-15-28(21-26)37(39,40)41)34(32)48-20-19-47-29-16-17-30(36(45)46)33(43)24-29/h5,7-8,10,12-17,21-24,43H,1-4,6,9,11,18-20H2,(H,42,44)(H,45,46). The van der Waals surface area contributed by atoms with Crippen molar-refractivity contribution in [2.75, 3.05) is 19.8 Å². The smallest absolute Gasteiger partial charge is 0.416 e. The summed E-state index contributed by atoms with van der Waals surface area (Å²) >= 11 is 3.43. The van der Waals surface area contributed by atoms with Gasteiger partial charge in [0.05, 0.1) is 10.0 Å². The SMILES string of the molecule is O=C(NCCCCCCCCc1ccccc1)c1cc(Br)c(OCCOc2ccc(C(=O)O)c(O)c2)c(-c2cccc(C(F)(F)F)c2)c1. The zero-order valence-electron chi connectivity index (χ0n) is 26.2.